The van der Waals surface area contributed by atoms with E-state index in [4.69, 9.17) is 9.73 Å². The molecular formula is C36H48N4O2. The summed E-state index contributed by atoms with van der Waals surface area (Å²) in [6, 6.07) is 10.7. The van der Waals surface area contributed by atoms with Gasteiger partial charge in [0.15, 0.2) is 0 Å². The van der Waals surface area contributed by atoms with Crippen molar-refractivity contribution >= 4 is 23.0 Å². The van der Waals surface area contributed by atoms with Crippen molar-refractivity contribution in [3.63, 3.8) is 0 Å². The fourth-order valence-electron chi connectivity index (χ4n) is 6.07. The molecule has 1 saturated carbocycles. The van der Waals surface area contributed by atoms with Gasteiger partial charge in [-0.3, -0.25) is 4.79 Å². The molecule has 2 aromatic rings. The minimum Gasteiger partial charge on any atom is -0.378 e. The number of benzene rings is 1. The summed E-state index contributed by atoms with van der Waals surface area (Å²) in [7, 11) is 0. The molecule has 1 fully saturated rings. The van der Waals surface area contributed by atoms with Crippen molar-refractivity contribution < 1.29 is 12.4 Å². The molecule has 2 aliphatic carbocycles. The Balaban J connectivity index is 0.00000221. The van der Waals surface area contributed by atoms with Crippen molar-refractivity contribution in [2.45, 2.75) is 83.8 Å². The van der Waals surface area contributed by atoms with E-state index >= 15 is 0 Å². The van der Waals surface area contributed by atoms with Crippen molar-refractivity contribution in [2.24, 2.45) is 10.9 Å². The standard InChI is InChI=1S/C36H44N4O2.2H2/c1-25-11-16-32(30-9-6-8-29(22-30)27-10-7-21-42-26(2)12-13-27)38-34(25)39-33(28-14-15-28)23-37-35(41)31-17-20-40(24-31)36(3)18-4-5-19-36;;/h4-6,8-9,13,16-17,20,22,24-26H,7,10-12,14-15,18-19,21,23H2,1-3H3,(H,37,41)(H,38,39);2*1H/b27-13-;;/t25?,26-;;/m0../s1. The SMILES string of the molecule is CC1CC=C(c2cccc(/C3=C\C[C@H](C)OCCC3)c2)N=C1NC(CNC(=O)c1ccn(C2(C)CC=CC2)c1)=C1CC1.[HH].[HH]. The molecule has 1 amide bonds. The van der Waals surface area contributed by atoms with Crippen molar-refractivity contribution in [3.8, 4) is 0 Å². The lowest BCUT2D eigenvalue weighted by Crippen LogP contribution is -2.36. The largest absolute Gasteiger partial charge is 0.378 e. The molecule has 42 heavy (non-hydrogen) atoms. The number of amides is 1. The summed E-state index contributed by atoms with van der Waals surface area (Å²) in [6.07, 6.45) is 21.4. The number of hydrogen-bond donors (Lipinski definition) is 2. The van der Waals surface area contributed by atoms with Gasteiger partial charge in [-0.25, -0.2) is 4.99 Å². The van der Waals surface area contributed by atoms with Gasteiger partial charge in [-0.2, -0.15) is 0 Å². The van der Waals surface area contributed by atoms with E-state index in [9.17, 15) is 4.79 Å². The minimum atomic E-state index is -0.0376. The molecule has 224 valence electrons. The summed E-state index contributed by atoms with van der Waals surface area (Å²) in [5.41, 5.74) is 8.04. The molecule has 3 heterocycles. The third-order valence-electron chi connectivity index (χ3n) is 9.08. The number of nitrogens with one attached hydrogen (secondary N) is 2. The number of carbonyl (C=O) groups is 1. The van der Waals surface area contributed by atoms with Gasteiger partial charge in [0.05, 0.1) is 23.9 Å². The van der Waals surface area contributed by atoms with Gasteiger partial charge in [0, 0.05) is 44.6 Å². The van der Waals surface area contributed by atoms with Gasteiger partial charge >= 0.3 is 0 Å². The molecule has 6 heteroatoms. The summed E-state index contributed by atoms with van der Waals surface area (Å²) < 4.78 is 8.01. The van der Waals surface area contributed by atoms with Crippen molar-refractivity contribution in [1.29, 1.82) is 0 Å². The Bertz CT molecular complexity index is 1480. The predicted octanol–water partition coefficient (Wildman–Crippen LogP) is 7.86. The quantitative estimate of drug-likeness (QED) is 0.334. The lowest BCUT2D eigenvalue weighted by atomic mass is 9.94. The van der Waals surface area contributed by atoms with Crippen LogP contribution in [0.2, 0.25) is 0 Å². The van der Waals surface area contributed by atoms with Crippen LogP contribution < -0.4 is 10.6 Å². The number of rotatable bonds is 7. The molecule has 4 aliphatic rings. The Morgan fingerprint density at radius 2 is 1.90 bits per heavy atom. The number of hydrogen-bond acceptors (Lipinski definition) is 4. The Morgan fingerprint density at radius 1 is 1.10 bits per heavy atom. The van der Waals surface area contributed by atoms with E-state index < -0.39 is 0 Å². The number of nitrogens with zero attached hydrogens (tertiary/aromatic N) is 2. The number of allylic oxidation sites excluding steroid dienone is 5. The van der Waals surface area contributed by atoms with E-state index in [0.717, 1.165) is 80.8 Å². The highest BCUT2D eigenvalue weighted by molar-refractivity contribution is 5.95. The highest BCUT2D eigenvalue weighted by Gasteiger charge is 2.28. The van der Waals surface area contributed by atoms with E-state index in [-0.39, 0.29) is 26.3 Å². The molecule has 2 N–H and O–H groups in total. The second-order valence-electron chi connectivity index (χ2n) is 12.6. The third kappa shape index (κ3) is 6.54. The smallest absolute Gasteiger partial charge is 0.253 e. The number of aromatic nitrogens is 1. The lowest BCUT2D eigenvalue weighted by molar-refractivity contribution is 0.0654. The zero-order valence-electron chi connectivity index (χ0n) is 25.3. The normalized spacial score (nSPS) is 24.5. The lowest BCUT2D eigenvalue weighted by Gasteiger charge is -2.26. The summed E-state index contributed by atoms with van der Waals surface area (Å²) in [6.45, 7) is 7.91. The number of carbonyl (C=O) groups excluding carboxylic acids is 1. The van der Waals surface area contributed by atoms with Gasteiger partial charge in [0.1, 0.15) is 5.84 Å². The first-order valence-electron chi connectivity index (χ1n) is 15.7. The van der Waals surface area contributed by atoms with E-state index in [2.05, 4.69) is 84.5 Å². The van der Waals surface area contributed by atoms with E-state index in [0.29, 0.717) is 12.1 Å². The molecule has 0 saturated heterocycles. The Labute approximate surface area is 253 Å². The summed E-state index contributed by atoms with van der Waals surface area (Å²) in [4.78, 5) is 18.2. The molecule has 2 atom stereocenters. The molecule has 1 aromatic carbocycles. The monoisotopic (exact) mass is 568 g/mol. The average Bonchev–Trinajstić information content (AvgIpc) is 3.52. The predicted molar refractivity (Wildman–Crippen MR) is 175 cm³/mol. The second kappa shape index (κ2) is 12.3. The maximum absolute atomic E-state index is 13.1. The van der Waals surface area contributed by atoms with Crippen LogP contribution in [0.5, 0.6) is 0 Å². The molecule has 1 unspecified atom stereocenters. The molecule has 2 aliphatic heterocycles. The van der Waals surface area contributed by atoms with Crippen molar-refractivity contribution in [3.05, 3.63) is 95.0 Å². The van der Waals surface area contributed by atoms with Gasteiger partial charge in [0.2, 0.25) is 0 Å². The van der Waals surface area contributed by atoms with Crippen LogP contribution in [0.25, 0.3) is 11.3 Å². The Morgan fingerprint density at radius 3 is 2.71 bits per heavy atom. The average molecular weight is 569 g/mol. The van der Waals surface area contributed by atoms with Crippen molar-refractivity contribution in [1.82, 2.24) is 15.2 Å². The van der Waals surface area contributed by atoms with Gasteiger partial charge in [-0.05, 0) is 94.1 Å². The second-order valence-corrected chi connectivity index (χ2v) is 12.6. The van der Waals surface area contributed by atoms with Crippen LogP contribution in [0.1, 0.15) is 96.5 Å². The van der Waals surface area contributed by atoms with Crippen LogP contribution >= 0.6 is 0 Å². The van der Waals surface area contributed by atoms with Crippen LogP contribution in [0, 0.1) is 5.92 Å². The fraction of sp³-hybridized carbons (Fsp3) is 0.444. The van der Waals surface area contributed by atoms with Crippen LogP contribution in [0.15, 0.2) is 83.3 Å². The molecule has 6 nitrogen and oxygen atoms in total. The summed E-state index contributed by atoms with van der Waals surface area (Å²) >= 11 is 0. The first-order valence-corrected chi connectivity index (χ1v) is 15.7. The number of amidine groups is 1. The summed E-state index contributed by atoms with van der Waals surface area (Å²) in [5.74, 6) is 1.22. The van der Waals surface area contributed by atoms with E-state index in [1.54, 1.807) is 0 Å². The number of ether oxygens (including phenoxy) is 1. The topological polar surface area (TPSA) is 67.7 Å². The van der Waals surface area contributed by atoms with Crippen LogP contribution in [0.3, 0.4) is 0 Å². The van der Waals surface area contributed by atoms with Gasteiger partial charge in [-0.1, -0.05) is 49.4 Å². The Kier molecular flexibility index (Phi) is 8.34. The van der Waals surface area contributed by atoms with Gasteiger partial charge < -0.3 is 19.9 Å². The Hall–Kier alpha value is -3.64. The summed E-state index contributed by atoms with van der Waals surface area (Å²) in [5, 5.41) is 6.83. The fourth-order valence-corrected chi connectivity index (χ4v) is 6.07. The molecule has 0 radical (unpaired) electrons. The maximum Gasteiger partial charge on any atom is 0.253 e. The highest BCUT2D eigenvalue weighted by Crippen LogP contribution is 2.33. The molecule has 0 spiro atoms. The number of aliphatic imine (C=N–C) groups is 1. The highest BCUT2D eigenvalue weighted by atomic mass is 16.5. The molecule has 0 bridgehead atoms. The van der Waals surface area contributed by atoms with Crippen molar-refractivity contribution in [2.75, 3.05) is 13.2 Å². The third-order valence-corrected chi connectivity index (χ3v) is 9.08. The van der Waals surface area contributed by atoms with Gasteiger partial charge in [0.25, 0.3) is 5.91 Å². The van der Waals surface area contributed by atoms with E-state index in [1.165, 1.54) is 16.7 Å². The molecule has 1 aromatic heterocycles. The van der Waals surface area contributed by atoms with Crippen LogP contribution in [-0.4, -0.2) is 35.6 Å². The zero-order valence-corrected chi connectivity index (χ0v) is 25.3. The zero-order chi connectivity index (χ0) is 29.1. The minimum absolute atomic E-state index is 0. The molecular weight excluding hydrogens is 520 g/mol. The maximum atomic E-state index is 13.1. The van der Waals surface area contributed by atoms with E-state index in [1.807, 2.05) is 18.5 Å². The first kappa shape index (κ1) is 28.5. The first-order chi connectivity index (χ1) is 20.4. The molecule has 6 rings (SSSR count). The van der Waals surface area contributed by atoms with Crippen LogP contribution in [0.4, 0.5) is 0 Å². The van der Waals surface area contributed by atoms with Gasteiger partial charge in [-0.15, -0.1) is 0 Å². The van der Waals surface area contributed by atoms with Crippen LogP contribution in [-0.2, 0) is 10.3 Å².